The molecule has 0 spiro atoms. The van der Waals surface area contributed by atoms with Crippen LogP contribution in [0.4, 0.5) is 0 Å². The van der Waals surface area contributed by atoms with E-state index in [9.17, 15) is 4.79 Å². The maximum atomic E-state index is 12.0. The third-order valence-electron chi connectivity index (χ3n) is 3.13. The summed E-state index contributed by atoms with van der Waals surface area (Å²) in [6, 6.07) is 5.40. The van der Waals surface area contributed by atoms with Gasteiger partial charge < -0.3 is 0 Å². The second kappa shape index (κ2) is 5.33. The van der Waals surface area contributed by atoms with Gasteiger partial charge in [0.1, 0.15) is 0 Å². The van der Waals surface area contributed by atoms with Crippen LogP contribution in [0.3, 0.4) is 0 Å². The average molecular weight is 302 g/mol. The lowest BCUT2D eigenvalue weighted by Crippen LogP contribution is -2.05. The first kappa shape index (κ1) is 12.1. The standard InChI is InChI=1S/C13H14BrClO/c14-11-6-10(7-12(15)8-11)13(16)5-9-3-1-2-4-9/h6-9H,1-5H2. The topological polar surface area (TPSA) is 17.1 Å². The minimum Gasteiger partial charge on any atom is -0.294 e. The molecule has 1 aliphatic rings. The molecule has 1 saturated carbocycles. The number of benzene rings is 1. The Morgan fingerprint density at radius 3 is 2.62 bits per heavy atom. The number of rotatable bonds is 3. The molecule has 0 aliphatic heterocycles. The quantitative estimate of drug-likeness (QED) is 0.728. The van der Waals surface area contributed by atoms with Gasteiger partial charge in [-0.3, -0.25) is 4.79 Å². The number of Topliss-reactive ketones (excluding diaryl/α,β-unsaturated/α-hetero) is 1. The van der Waals surface area contributed by atoms with Crippen molar-refractivity contribution < 1.29 is 4.79 Å². The molecule has 0 unspecified atom stereocenters. The Morgan fingerprint density at radius 2 is 2.00 bits per heavy atom. The summed E-state index contributed by atoms with van der Waals surface area (Å²) in [5, 5.41) is 0.615. The Balaban J connectivity index is 2.07. The molecule has 0 bridgehead atoms. The summed E-state index contributed by atoms with van der Waals surface area (Å²) >= 11 is 9.29. The summed E-state index contributed by atoms with van der Waals surface area (Å²) < 4.78 is 0.870. The van der Waals surface area contributed by atoms with Crippen LogP contribution in [-0.2, 0) is 0 Å². The highest BCUT2D eigenvalue weighted by Crippen LogP contribution is 2.29. The Kier molecular flexibility index (Phi) is 4.04. The maximum Gasteiger partial charge on any atom is 0.163 e. The highest BCUT2D eigenvalue weighted by atomic mass is 79.9. The minimum absolute atomic E-state index is 0.218. The van der Waals surface area contributed by atoms with Crippen LogP contribution in [0, 0.1) is 5.92 Å². The predicted octanol–water partition coefficient (Wildman–Crippen LogP) is 4.87. The van der Waals surface area contributed by atoms with Crippen LogP contribution in [0.5, 0.6) is 0 Å². The van der Waals surface area contributed by atoms with Gasteiger partial charge in [0.05, 0.1) is 0 Å². The largest absolute Gasteiger partial charge is 0.294 e. The summed E-state index contributed by atoms with van der Waals surface area (Å²) in [7, 11) is 0. The Bertz CT molecular complexity index is 377. The molecule has 0 N–H and O–H groups in total. The lowest BCUT2D eigenvalue weighted by Gasteiger charge is -2.08. The summed E-state index contributed by atoms with van der Waals surface area (Å²) in [5.41, 5.74) is 0.728. The van der Waals surface area contributed by atoms with E-state index in [4.69, 9.17) is 11.6 Å². The molecular formula is C13H14BrClO. The molecule has 0 atom stereocenters. The molecule has 1 aliphatic carbocycles. The number of hydrogen-bond acceptors (Lipinski definition) is 1. The van der Waals surface area contributed by atoms with Gasteiger partial charge in [-0.05, 0) is 24.1 Å². The van der Waals surface area contributed by atoms with E-state index in [0.717, 1.165) is 10.0 Å². The summed E-state index contributed by atoms with van der Waals surface area (Å²) in [4.78, 5) is 12.0. The van der Waals surface area contributed by atoms with Crippen LogP contribution < -0.4 is 0 Å². The van der Waals surface area contributed by atoms with Crippen molar-refractivity contribution >= 4 is 33.3 Å². The zero-order chi connectivity index (χ0) is 11.5. The van der Waals surface area contributed by atoms with Gasteiger partial charge in [0.25, 0.3) is 0 Å². The van der Waals surface area contributed by atoms with Gasteiger partial charge in [0, 0.05) is 21.5 Å². The van der Waals surface area contributed by atoms with E-state index in [0.29, 0.717) is 17.4 Å². The average Bonchev–Trinajstić information content (AvgIpc) is 2.68. The van der Waals surface area contributed by atoms with Crippen molar-refractivity contribution in [3.63, 3.8) is 0 Å². The van der Waals surface area contributed by atoms with Crippen molar-refractivity contribution in [3.05, 3.63) is 33.3 Å². The zero-order valence-corrected chi connectivity index (χ0v) is 11.4. The van der Waals surface area contributed by atoms with E-state index in [2.05, 4.69) is 15.9 Å². The number of carbonyl (C=O) groups excluding carboxylic acids is 1. The lowest BCUT2D eigenvalue weighted by molar-refractivity contribution is 0.0962. The van der Waals surface area contributed by atoms with Gasteiger partial charge in [0.2, 0.25) is 0 Å². The Labute approximate surface area is 109 Å². The minimum atomic E-state index is 0.218. The molecule has 1 aromatic rings. The van der Waals surface area contributed by atoms with Crippen molar-refractivity contribution in [3.8, 4) is 0 Å². The fraction of sp³-hybridized carbons (Fsp3) is 0.462. The number of halogens is 2. The van der Waals surface area contributed by atoms with Gasteiger partial charge in [0.15, 0.2) is 5.78 Å². The van der Waals surface area contributed by atoms with Gasteiger partial charge in [-0.2, -0.15) is 0 Å². The van der Waals surface area contributed by atoms with E-state index in [1.54, 1.807) is 12.1 Å². The molecule has 86 valence electrons. The van der Waals surface area contributed by atoms with Crippen molar-refractivity contribution in [1.29, 1.82) is 0 Å². The molecule has 0 radical (unpaired) electrons. The lowest BCUT2D eigenvalue weighted by atomic mass is 9.97. The normalized spacial score (nSPS) is 16.6. The fourth-order valence-electron chi connectivity index (χ4n) is 2.31. The van der Waals surface area contributed by atoms with Crippen LogP contribution in [0.15, 0.2) is 22.7 Å². The Hall–Kier alpha value is -0.340. The van der Waals surface area contributed by atoms with Crippen LogP contribution in [0.2, 0.25) is 5.02 Å². The van der Waals surface area contributed by atoms with Gasteiger partial charge in [-0.15, -0.1) is 0 Å². The molecule has 1 nitrogen and oxygen atoms in total. The van der Waals surface area contributed by atoms with E-state index >= 15 is 0 Å². The van der Waals surface area contributed by atoms with E-state index in [1.165, 1.54) is 25.7 Å². The number of carbonyl (C=O) groups is 1. The van der Waals surface area contributed by atoms with Crippen LogP contribution in [0.25, 0.3) is 0 Å². The molecule has 2 rings (SSSR count). The van der Waals surface area contributed by atoms with Gasteiger partial charge in [-0.25, -0.2) is 0 Å². The molecule has 0 amide bonds. The maximum absolute atomic E-state index is 12.0. The second-order valence-corrected chi connectivity index (χ2v) is 5.79. The second-order valence-electron chi connectivity index (χ2n) is 4.44. The van der Waals surface area contributed by atoms with Crippen LogP contribution >= 0.6 is 27.5 Å². The highest BCUT2D eigenvalue weighted by molar-refractivity contribution is 9.10. The summed E-state index contributed by atoms with van der Waals surface area (Å²) in [6.45, 7) is 0. The molecule has 3 heteroatoms. The first-order valence-electron chi connectivity index (χ1n) is 5.64. The highest BCUT2D eigenvalue weighted by Gasteiger charge is 2.19. The summed E-state index contributed by atoms with van der Waals surface area (Å²) in [6.07, 6.45) is 5.63. The molecule has 1 fully saturated rings. The fourth-order valence-corrected chi connectivity index (χ4v) is 3.17. The molecular weight excluding hydrogens is 287 g/mol. The van der Waals surface area contributed by atoms with Crippen LogP contribution in [-0.4, -0.2) is 5.78 Å². The van der Waals surface area contributed by atoms with Gasteiger partial charge >= 0.3 is 0 Å². The smallest absolute Gasteiger partial charge is 0.163 e. The number of ketones is 1. The Morgan fingerprint density at radius 1 is 1.31 bits per heavy atom. The van der Waals surface area contributed by atoms with Crippen molar-refractivity contribution in [2.75, 3.05) is 0 Å². The van der Waals surface area contributed by atoms with Crippen LogP contribution in [0.1, 0.15) is 42.5 Å². The zero-order valence-electron chi connectivity index (χ0n) is 9.01. The monoisotopic (exact) mass is 300 g/mol. The molecule has 0 heterocycles. The van der Waals surface area contributed by atoms with Gasteiger partial charge in [-0.1, -0.05) is 53.2 Å². The third kappa shape index (κ3) is 3.08. The van der Waals surface area contributed by atoms with E-state index < -0.39 is 0 Å². The first-order chi connectivity index (χ1) is 7.65. The molecule has 0 saturated heterocycles. The predicted molar refractivity (Wildman–Crippen MR) is 70.1 cm³/mol. The first-order valence-corrected chi connectivity index (χ1v) is 6.81. The van der Waals surface area contributed by atoms with Crippen molar-refractivity contribution in [1.82, 2.24) is 0 Å². The van der Waals surface area contributed by atoms with Crippen molar-refractivity contribution in [2.24, 2.45) is 5.92 Å². The van der Waals surface area contributed by atoms with E-state index in [-0.39, 0.29) is 5.78 Å². The third-order valence-corrected chi connectivity index (χ3v) is 3.81. The number of hydrogen-bond donors (Lipinski definition) is 0. The van der Waals surface area contributed by atoms with Crippen molar-refractivity contribution in [2.45, 2.75) is 32.1 Å². The van der Waals surface area contributed by atoms with E-state index in [1.807, 2.05) is 6.07 Å². The molecule has 0 aromatic heterocycles. The molecule has 16 heavy (non-hydrogen) atoms. The SMILES string of the molecule is O=C(CC1CCCC1)c1cc(Cl)cc(Br)c1. The summed E-state index contributed by atoms with van der Waals surface area (Å²) in [5.74, 6) is 0.806. The molecule has 1 aromatic carbocycles.